The summed E-state index contributed by atoms with van der Waals surface area (Å²) in [5, 5.41) is 54.2. The Balaban J connectivity index is 2.29. The largest absolute Gasteiger partial charge is 0.394 e. The van der Waals surface area contributed by atoms with Crippen LogP contribution in [-0.4, -0.2) is 87.5 Å². The van der Waals surface area contributed by atoms with Crippen LogP contribution >= 0.6 is 0 Å². The van der Waals surface area contributed by atoms with E-state index in [0.717, 1.165) is 38.5 Å². The van der Waals surface area contributed by atoms with Gasteiger partial charge in [-0.25, -0.2) is 0 Å². The molecule has 6 N–H and O–H groups in total. The van der Waals surface area contributed by atoms with Crippen LogP contribution in [-0.2, 0) is 14.3 Å². The number of amides is 1. The van der Waals surface area contributed by atoms with Gasteiger partial charge in [-0.2, -0.15) is 0 Å². The maximum absolute atomic E-state index is 13.0. The lowest BCUT2D eigenvalue weighted by atomic mass is 9.99. The smallest absolute Gasteiger partial charge is 0.220 e. The molecule has 0 bridgehead atoms. The molecule has 1 aliphatic rings. The number of rotatable bonds is 40. The number of hydrogen-bond donors (Lipinski definition) is 6. The van der Waals surface area contributed by atoms with E-state index in [1.165, 1.54) is 161 Å². The normalized spacial score (nSPS) is 21.1. The highest BCUT2D eigenvalue weighted by molar-refractivity contribution is 5.76. The highest BCUT2D eigenvalue weighted by atomic mass is 16.7. The Kier molecular flexibility index (Phi) is 36.6. The van der Waals surface area contributed by atoms with E-state index in [4.69, 9.17) is 9.47 Å². The van der Waals surface area contributed by atoms with Crippen LogP contribution in [0.2, 0.25) is 0 Å². The zero-order valence-electron chi connectivity index (χ0n) is 36.9. The molecule has 0 aromatic carbocycles. The molecule has 0 aromatic rings. The van der Waals surface area contributed by atoms with Gasteiger partial charge in [-0.3, -0.25) is 4.79 Å². The molecule has 336 valence electrons. The minimum absolute atomic E-state index is 0.177. The Morgan fingerprint density at radius 1 is 0.579 bits per heavy atom. The molecule has 57 heavy (non-hydrogen) atoms. The number of carbonyl (C=O) groups is 1. The summed E-state index contributed by atoms with van der Waals surface area (Å²) in [6.45, 7) is 3.77. The lowest BCUT2D eigenvalue weighted by molar-refractivity contribution is -0.302. The maximum atomic E-state index is 13.0. The summed E-state index contributed by atoms with van der Waals surface area (Å²) in [7, 11) is 0. The van der Waals surface area contributed by atoms with Crippen LogP contribution in [0, 0.1) is 0 Å². The summed E-state index contributed by atoms with van der Waals surface area (Å²) in [5.41, 5.74) is 0. The monoisotopic (exact) mass is 810 g/mol. The molecule has 0 unspecified atom stereocenters. The van der Waals surface area contributed by atoms with Gasteiger partial charge in [0.1, 0.15) is 24.4 Å². The van der Waals surface area contributed by atoms with Crippen molar-refractivity contribution >= 4 is 5.91 Å². The van der Waals surface area contributed by atoms with Gasteiger partial charge >= 0.3 is 0 Å². The van der Waals surface area contributed by atoms with E-state index < -0.39 is 49.5 Å². The summed E-state index contributed by atoms with van der Waals surface area (Å²) in [6.07, 6.45) is 39.3. The van der Waals surface area contributed by atoms with Crippen LogP contribution in [0.3, 0.4) is 0 Å². The third-order valence-electron chi connectivity index (χ3n) is 11.5. The number of aliphatic hydroxyl groups excluding tert-OH is 5. The molecular weight excluding hydrogens is 719 g/mol. The van der Waals surface area contributed by atoms with Crippen molar-refractivity contribution in [2.24, 2.45) is 0 Å². The minimum Gasteiger partial charge on any atom is -0.394 e. The molecule has 1 heterocycles. The zero-order chi connectivity index (χ0) is 41.6. The molecule has 1 saturated heterocycles. The molecule has 0 spiro atoms. The van der Waals surface area contributed by atoms with Crippen molar-refractivity contribution in [2.75, 3.05) is 13.2 Å². The summed E-state index contributed by atoms with van der Waals surface area (Å²) >= 11 is 0. The fourth-order valence-corrected chi connectivity index (χ4v) is 7.62. The lowest BCUT2D eigenvalue weighted by Gasteiger charge is -2.40. The molecule has 1 amide bonds. The first-order chi connectivity index (χ1) is 27.8. The quantitative estimate of drug-likeness (QED) is 0.0265. The SMILES string of the molecule is CCCCCCCC/C=C\CCCCCCCCCCCCCC(=O)N[C@@H](CO[C@@H]1O[C@H](CO)[C@H](O)[C@H](O)[C@H]1O)[C@H](O)/C=C/CCCCCCCCCCCCC. The second-order valence-corrected chi connectivity index (χ2v) is 16.9. The molecular formula is C48H91NO8. The second kappa shape index (κ2) is 38.8. The minimum atomic E-state index is -1.56. The first-order valence-electron chi connectivity index (χ1n) is 24.1. The molecule has 9 heteroatoms. The standard InChI is InChI=1S/C48H91NO8/c1-3-5-7-9-11-13-15-17-18-19-20-21-22-23-24-26-28-30-32-34-36-38-44(52)49-41(40-56-48-47(55)46(54)45(53)43(39-50)57-48)42(51)37-35-33-31-29-27-25-16-14-12-10-8-6-4-2/h17-18,35,37,41-43,45-48,50-51,53-55H,3-16,19-34,36,38-40H2,1-2H3,(H,49,52)/b18-17-,37-35+/t41-,42+,43+,45-,46-,47+,48+/m0/s1. The molecule has 1 fully saturated rings. The number of carbonyl (C=O) groups excluding carboxylic acids is 1. The molecule has 9 nitrogen and oxygen atoms in total. The number of aliphatic hydroxyl groups is 5. The van der Waals surface area contributed by atoms with E-state index >= 15 is 0 Å². The Bertz CT molecular complexity index is 945. The Morgan fingerprint density at radius 2 is 0.982 bits per heavy atom. The van der Waals surface area contributed by atoms with Crippen LogP contribution in [0.1, 0.15) is 219 Å². The predicted octanol–water partition coefficient (Wildman–Crippen LogP) is 10.3. The fraction of sp³-hybridized carbons (Fsp3) is 0.896. The van der Waals surface area contributed by atoms with Crippen LogP contribution in [0.4, 0.5) is 0 Å². The summed E-state index contributed by atoms with van der Waals surface area (Å²) in [4.78, 5) is 13.0. The van der Waals surface area contributed by atoms with Crippen molar-refractivity contribution in [3.05, 3.63) is 24.3 Å². The molecule has 0 saturated carbocycles. The van der Waals surface area contributed by atoms with Crippen molar-refractivity contribution in [2.45, 2.75) is 262 Å². The van der Waals surface area contributed by atoms with Gasteiger partial charge in [-0.05, 0) is 44.9 Å². The van der Waals surface area contributed by atoms with Crippen LogP contribution in [0.15, 0.2) is 24.3 Å². The third-order valence-corrected chi connectivity index (χ3v) is 11.5. The molecule has 0 aliphatic carbocycles. The first-order valence-corrected chi connectivity index (χ1v) is 24.1. The number of hydrogen-bond acceptors (Lipinski definition) is 8. The molecule has 0 radical (unpaired) electrons. The van der Waals surface area contributed by atoms with Crippen molar-refractivity contribution in [1.82, 2.24) is 5.32 Å². The van der Waals surface area contributed by atoms with Crippen molar-refractivity contribution in [1.29, 1.82) is 0 Å². The Hall–Kier alpha value is -1.33. The topological polar surface area (TPSA) is 149 Å². The molecule has 1 aliphatic heterocycles. The lowest BCUT2D eigenvalue weighted by Crippen LogP contribution is -2.60. The van der Waals surface area contributed by atoms with Gasteiger partial charge in [0.2, 0.25) is 5.91 Å². The average molecular weight is 810 g/mol. The van der Waals surface area contributed by atoms with E-state index in [-0.39, 0.29) is 12.5 Å². The predicted molar refractivity (Wildman–Crippen MR) is 235 cm³/mol. The number of allylic oxidation sites excluding steroid dienone is 3. The van der Waals surface area contributed by atoms with Crippen LogP contribution in [0.5, 0.6) is 0 Å². The molecule has 0 aromatic heterocycles. The van der Waals surface area contributed by atoms with E-state index in [1.807, 2.05) is 6.08 Å². The summed E-state index contributed by atoms with van der Waals surface area (Å²) < 4.78 is 11.2. The number of nitrogens with one attached hydrogen (secondary N) is 1. The highest BCUT2D eigenvalue weighted by Gasteiger charge is 2.44. The number of unbranched alkanes of at least 4 members (excludes halogenated alkanes) is 28. The molecule has 1 rings (SSSR count). The van der Waals surface area contributed by atoms with Gasteiger partial charge < -0.3 is 40.3 Å². The Labute approximate surface area is 349 Å². The van der Waals surface area contributed by atoms with Gasteiger partial charge in [0, 0.05) is 6.42 Å². The fourth-order valence-electron chi connectivity index (χ4n) is 7.62. The summed E-state index contributed by atoms with van der Waals surface area (Å²) in [6, 6.07) is -0.801. The zero-order valence-corrected chi connectivity index (χ0v) is 36.9. The summed E-state index contributed by atoms with van der Waals surface area (Å²) in [5.74, 6) is -0.177. The highest BCUT2D eigenvalue weighted by Crippen LogP contribution is 2.23. The van der Waals surface area contributed by atoms with E-state index in [9.17, 15) is 30.3 Å². The maximum Gasteiger partial charge on any atom is 0.220 e. The van der Waals surface area contributed by atoms with Crippen LogP contribution in [0.25, 0.3) is 0 Å². The Morgan fingerprint density at radius 3 is 1.42 bits per heavy atom. The van der Waals surface area contributed by atoms with Gasteiger partial charge in [-0.15, -0.1) is 0 Å². The third kappa shape index (κ3) is 29.5. The van der Waals surface area contributed by atoms with Gasteiger partial charge in [0.05, 0.1) is 25.4 Å². The van der Waals surface area contributed by atoms with Crippen molar-refractivity contribution < 1.29 is 39.8 Å². The first kappa shape index (κ1) is 53.7. The van der Waals surface area contributed by atoms with Gasteiger partial charge in [-0.1, -0.05) is 192 Å². The van der Waals surface area contributed by atoms with Crippen LogP contribution < -0.4 is 5.32 Å². The van der Waals surface area contributed by atoms with E-state index in [2.05, 4.69) is 31.3 Å². The molecule has 7 atom stereocenters. The average Bonchev–Trinajstić information content (AvgIpc) is 3.21. The second-order valence-electron chi connectivity index (χ2n) is 16.9. The van der Waals surface area contributed by atoms with Gasteiger partial charge in [0.15, 0.2) is 6.29 Å². The van der Waals surface area contributed by atoms with Crippen molar-refractivity contribution in [3.8, 4) is 0 Å². The van der Waals surface area contributed by atoms with Crippen molar-refractivity contribution in [3.63, 3.8) is 0 Å². The van der Waals surface area contributed by atoms with Gasteiger partial charge in [0.25, 0.3) is 0 Å². The van der Waals surface area contributed by atoms with E-state index in [1.54, 1.807) is 6.08 Å². The number of ether oxygens (including phenoxy) is 2. The van der Waals surface area contributed by atoms with E-state index in [0.29, 0.717) is 6.42 Å².